The van der Waals surface area contributed by atoms with Gasteiger partial charge in [-0.1, -0.05) is 12.2 Å². The monoisotopic (exact) mass is 217 g/mol. The lowest BCUT2D eigenvalue weighted by molar-refractivity contribution is 1.16. The van der Waals surface area contributed by atoms with Crippen LogP contribution in [0.5, 0.6) is 0 Å². The molecule has 0 aliphatic heterocycles. The Morgan fingerprint density at radius 3 is 2.92 bits per heavy atom. The van der Waals surface area contributed by atoms with Gasteiger partial charge in [-0.3, -0.25) is 0 Å². The van der Waals surface area contributed by atoms with E-state index >= 15 is 0 Å². The molecule has 0 radical (unpaired) electrons. The molecule has 1 heterocycles. The second-order valence-electron chi connectivity index (χ2n) is 2.36. The molecule has 0 amide bonds. The molecule has 5 heteroatoms. The number of nitrogen functional groups attached to an aromatic ring is 1. The third kappa shape index (κ3) is 3.20. The molecule has 1 aromatic heterocycles. The molecule has 0 aliphatic carbocycles. The van der Waals surface area contributed by atoms with Gasteiger partial charge in [-0.05, 0) is 18.0 Å². The number of halogens is 2. The number of allylic oxidation sites excluding steroid dienone is 1. The third-order valence-corrected chi connectivity index (χ3v) is 1.79. The van der Waals surface area contributed by atoms with Gasteiger partial charge in [-0.25, -0.2) is 9.97 Å². The standard InChI is InChI=1S/C8H9Cl2N3/c9-4-2-1-3-6-5-12-8(10)13-7(6)11/h1,3,5H,2,4H2,(H2,11,12,13). The molecule has 2 N–H and O–H groups in total. The summed E-state index contributed by atoms with van der Waals surface area (Å²) >= 11 is 11.0. The predicted octanol–water partition coefficient (Wildman–Crippen LogP) is 2.35. The molecule has 0 fully saturated rings. The van der Waals surface area contributed by atoms with Gasteiger partial charge in [0.2, 0.25) is 5.28 Å². The highest BCUT2D eigenvalue weighted by molar-refractivity contribution is 6.28. The molecule has 13 heavy (non-hydrogen) atoms. The fourth-order valence-electron chi connectivity index (χ4n) is 0.783. The number of hydrogen-bond donors (Lipinski definition) is 1. The molecule has 0 unspecified atom stereocenters. The Kier molecular flexibility index (Phi) is 3.99. The zero-order chi connectivity index (χ0) is 9.68. The SMILES string of the molecule is Nc1nc(Cl)ncc1C=CCCCl. The first kappa shape index (κ1) is 10.3. The Hall–Kier alpha value is -0.800. The molecule has 70 valence electrons. The van der Waals surface area contributed by atoms with Crippen LogP contribution in [-0.2, 0) is 0 Å². The number of hydrogen-bond acceptors (Lipinski definition) is 3. The van der Waals surface area contributed by atoms with E-state index in [1.165, 1.54) is 0 Å². The van der Waals surface area contributed by atoms with Crippen LogP contribution in [-0.4, -0.2) is 15.8 Å². The molecule has 0 spiro atoms. The van der Waals surface area contributed by atoms with Crippen molar-refractivity contribution in [1.29, 1.82) is 0 Å². The van der Waals surface area contributed by atoms with Crippen molar-refractivity contribution >= 4 is 35.1 Å². The van der Waals surface area contributed by atoms with E-state index in [1.54, 1.807) is 6.20 Å². The first-order chi connectivity index (χ1) is 6.24. The van der Waals surface area contributed by atoms with Crippen molar-refractivity contribution in [2.24, 2.45) is 0 Å². The van der Waals surface area contributed by atoms with Crippen molar-refractivity contribution in [2.45, 2.75) is 6.42 Å². The second kappa shape index (κ2) is 5.04. The minimum atomic E-state index is 0.159. The highest BCUT2D eigenvalue weighted by atomic mass is 35.5. The third-order valence-electron chi connectivity index (χ3n) is 1.39. The normalized spacial score (nSPS) is 10.9. The maximum Gasteiger partial charge on any atom is 0.224 e. The Morgan fingerprint density at radius 1 is 1.54 bits per heavy atom. The van der Waals surface area contributed by atoms with Crippen LogP contribution in [0.2, 0.25) is 5.28 Å². The van der Waals surface area contributed by atoms with E-state index < -0.39 is 0 Å². The summed E-state index contributed by atoms with van der Waals surface area (Å²) in [5.41, 5.74) is 6.34. The fraction of sp³-hybridized carbons (Fsp3) is 0.250. The van der Waals surface area contributed by atoms with Gasteiger partial charge in [0.15, 0.2) is 0 Å². The van der Waals surface area contributed by atoms with Crippen LogP contribution in [0, 0.1) is 0 Å². The van der Waals surface area contributed by atoms with E-state index in [-0.39, 0.29) is 5.28 Å². The van der Waals surface area contributed by atoms with Crippen molar-refractivity contribution in [3.8, 4) is 0 Å². The average Bonchev–Trinajstić information content (AvgIpc) is 2.09. The van der Waals surface area contributed by atoms with Gasteiger partial charge in [0.25, 0.3) is 0 Å². The summed E-state index contributed by atoms with van der Waals surface area (Å²) in [6, 6.07) is 0. The molecule has 3 nitrogen and oxygen atoms in total. The van der Waals surface area contributed by atoms with Crippen LogP contribution < -0.4 is 5.73 Å². The fourth-order valence-corrected chi connectivity index (χ4v) is 1.05. The maximum atomic E-state index is 5.58. The number of alkyl halides is 1. The van der Waals surface area contributed by atoms with Crippen LogP contribution in [0.15, 0.2) is 12.3 Å². The molecule has 0 aliphatic rings. The summed E-state index contributed by atoms with van der Waals surface area (Å²) in [5.74, 6) is 0.969. The molecular formula is C8H9Cl2N3. The van der Waals surface area contributed by atoms with E-state index in [1.807, 2.05) is 12.2 Å². The molecular weight excluding hydrogens is 209 g/mol. The van der Waals surface area contributed by atoms with Gasteiger partial charge < -0.3 is 5.73 Å². The zero-order valence-electron chi connectivity index (χ0n) is 6.87. The summed E-state index contributed by atoms with van der Waals surface area (Å²) in [4.78, 5) is 7.61. The molecule has 1 aromatic rings. The van der Waals surface area contributed by atoms with Gasteiger partial charge in [-0.2, -0.15) is 0 Å². The van der Waals surface area contributed by atoms with Gasteiger partial charge >= 0.3 is 0 Å². The summed E-state index contributed by atoms with van der Waals surface area (Å²) < 4.78 is 0. The number of rotatable bonds is 3. The smallest absolute Gasteiger partial charge is 0.224 e. The van der Waals surface area contributed by atoms with Crippen LogP contribution in [0.25, 0.3) is 6.08 Å². The van der Waals surface area contributed by atoms with Crippen LogP contribution >= 0.6 is 23.2 Å². The van der Waals surface area contributed by atoms with Crippen molar-refractivity contribution in [3.63, 3.8) is 0 Å². The summed E-state index contributed by atoms with van der Waals surface area (Å²) in [6.45, 7) is 0. The van der Waals surface area contributed by atoms with Crippen molar-refractivity contribution in [2.75, 3.05) is 11.6 Å². The predicted molar refractivity (Wildman–Crippen MR) is 55.8 cm³/mol. The van der Waals surface area contributed by atoms with E-state index in [4.69, 9.17) is 28.9 Å². The highest BCUT2D eigenvalue weighted by Gasteiger charge is 1.97. The zero-order valence-corrected chi connectivity index (χ0v) is 8.39. The molecule has 0 aromatic carbocycles. The van der Waals surface area contributed by atoms with E-state index in [2.05, 4.69) is 9.97 Å². The van der Waals surface area contributed by atoms with Gasteiger partial charge in [0.1, 0.15) is 5.82 Å². The molecule has 0 bridgehead atoms. The molecule has 0 saturated carbocycles. The minimum absolute atomic E-state index is 0.159. The first-order valence-electron chi connectivity index (χ1n) is 3.74. The molecule has 0 atom stereocenters. The van der Waals surface area contributed by atoms with E-state index in [9.17, 15) is 0 Å². The number of nitrogens with zero attached hydrogens (tertiary/aromatic N) is 2. The topological polar surface area (TPSA) is 51.8 Å². The Balaban J connectivity index is 2.77. The van der Waals surface area contributed by atoms with Crippen LogP contribution in [0.1, 0.15) is 12.0 Å². The summed E-state index contributed by atoms with van der Waals surface area (Å²) in [7, 11) is 0. The number of nitrogens with two attached hydrogens (primary N) is 1. The van der Waals surface area contributed by atoms with E-state index in [0.29, 0.717) is 11.7 Å². The largest absolute Gasteiger partial charge is 0.383 e. The quantitative estimate of drug-likeness (QED) is 0.625. The maximum absolute atomic E-state index is 5.58. The Labute approximate surface area is 86.6 Å². The van der Waals surface area contributed by atoms with E-state index in [0.717, 1.165) is 12.0 Å². The average molecular weight is 218 g/mol. The molecule has 1 rings (SSSR count). The number of anilines is 1. The van der Waals surface area contributed by atoms with Crippen molar-refractivity contribution < 1.29 is 0 Å². The van der Waals surface area contributed by atoms with Gasteiger partial charge in [-0.15, -0.1) is 11.6 Å². The highest BCUT2D eigenvalue weighted by Crippen LogP contribution is 2.12. The van der Waals surface area contributed by atoms with Crippen molar-refractivity contribution in [1.82, 2.24) is 9.97 Å². The lowest BCUT2D eigenvalue weighted by atomic mass is 10.2. The number of aromatic nitrogens is 2. The van der Waals surface area contributed by atoms with Gasteiger partial charge in [0.05, 0.1) is 0 Å². The lowest BCUT2D eigenvalue weighted by Crippen LogP contribution is -1.95. The summed E-state index contributed by atoms with van der Waals surface area (Å²) in [6.07, 6.45) is 6.11. The Bertz CT molecular complexity index is 312. The summed E-state index contributed by atoms with van der Waals surface area (Å²) in [5, 5.41) is 0.159. The van der Waals surface area contributed by atoms with Gasteiger partial charge in [0, 0.05) is 17.6 Å². The molecule has 0 saturated heterocycles. The second-order valence-corrected chi connectivity index (χ2v) is 3.08. The minimum Gasteiger partial charge on any atom is -0.383 e. The van der Waals surface area contributed by atoms with Crippen molar-refractivity contribution in [3.05, 3.63) is 23.1 Å². The lowest BCUT2D eigenvalue weighted by Gasteiger charge is -1.97. The Morgan fingerprint density at radius 2 is 2.31 bits per heavy atom. The first-order valence-corrected chi connectivity index (χ1v) is 4.66. The van der Waals surface area contributed by atoms with Crippen LogP contribution in [0.4, 0.5) is 5.82 Å². The van der Waals surface area contributed by atoms with Crippen LogP contribution in [0.3, 0.4) is 0 Å².